The smallest absolute Gasteiger partial charge is 0.335 e. The molecule has 0 N–H and O–H groups in total. The lowest BCUT2D eigenvalue weighted by Gasteiger charge is -2.30. The predicted molar refractivity (Wildman–Crippen MR) is 53.9 cm³/mol. The van der Waals surface area contributed by atoms with E-state index in [0.29, 0.717) is 18.7 Å². The van der Waals surface area contributed by atoms with Crippen molar-refractivity contribution in [1.82, 2.24) is 4.90 Å². The maximum Gasteiger partial charge on any atom is 0.335 e. The minimum Gasteiger partial charge on any atom is -0.463 e. The Morgan fingerprint density at radius 1 is 1.64 bits per heavy atom. The van der Waals surface area contributed by atoms with Crippen molar-refractivity contribution in [3.63, 3.8) is 0 Å². The number of fused-ring (bicyclic) bond motifs is 2. The molecule has 2 aliphatic heterocycles. The summed E-state index contributed by atoms with van der Waals surface area (Å²) in [5, 5.41) is 0. The van der Waals surface area contributed by atoms with Crippen molar-refractivity contribution in [3.8, 4) is 0 Å². The largest absolute Gasteiger partial charge is 0.463 e. The van der Waals surface area contributed by atoms with E-state index in [9.17, 15) is 4.79 Å². The van der Waals surface area contributed by atoms with Gasteiger partial charge in [-0.1, -0.05) is 6.08 Å². The molecule has 0 aromatic rings. The zero-order valence-electron chi connectivity index (χ0n) is 8.82. The fourth-order valence-electron chi connectivity index (χ4n) is 2.50. The van der Waals surface area contributed by atoms with Crippen molar-refractivity contribution < 1.29 is 9.53 Å². The Kier molecular flexibility index (Phi) is 2.59. The van der Waals surface area contributed by atoms with Gasteiger partial charge in [-0.3, -0.25) is 4.90 Å². The number of rotatable bonds is 2. The van der Waals surface area contributed by atoms with Gasteiger partial charge in [-0.25, -0.2) is 4.79 Å². The van der Waals surface area contributed by atoms with E-state index >= 15 is 0 Å². The summed E-state index contributed by atoms with van der Waals surface area (Å²) in [6.45, 7) is 2.32. The van der Waals surface area contributed by atoms with Crippen LogP contribution in [0.2, 0.25) is 0 Å². The van der Waals surface area contributed by atoms with Crippen LogP contribution in [0.1, 0.15) is 26.2 Å². The number of ether oxygens (including phenoxy) is 1. The van der Waals surface area contributed by atoms with E-state index < -0.39 is 0 Å². The molecule has 2 bridgehead atoms. The van der Waals surface area contributed by atoms with Crippen LogP contribution < -0.4 is 0 Å². The van der Waals surface area contributed by atoms with Gasteiger partial charge < -0.3 is 4.74 Å². The van der Waals surface area contributed by atoms with Crippen LogP contribution in [0.5, 0.6) is 0 Å². The van der Waals surface area contributed by atoms with Crippen LogP contribution in [0.4, 0.5) is 0 Å². The third-order valence-electron chi connectivity index (χ3n) is 3.32. The molecule has 0 aromatic carbocycles. The molecule has 1 saturated heterocycles. The average Bonchev–Trinajstić information content (AvgIpc) is 2.42. The molecule has 2 aliphatic rings. The fourth-order valence-corrected chi connectivity index (χ4v) is 2.50. The molecule has 0 saturated carbocycles. The molecule has 0 spiro atoms. The highest BCUT2D eigenvalue weighted by atomic mass is 16.5. The Labute approximate surface area is 84.7 Å². The van der Waals surface area contributed by atoms with Crippen LogP contribution in [-0.2, 0) is 9.53 Å². The molecule has 0 aliphatic carbocycles. The van der Waals surface area contributed by atoms with Gasteiger partial charge in [-0.15, -0.1) is 0 Å². The first-order valence-corrected chi connectivity index (χ1v) is 5.33. The van der Waals surface area contributed by atoms with Gasteiger partial charge in [0.1, 0.15) is 0 Å². The maximum absolute atomic E-state index is 11.6. The highest BCUT2D eigenvalue weighted by Gasteiger charge is 2.38. The first kappa shape index (κ1) is 9.71. The Bertz CT molecular complexity index is 272. The predicted octanol–water partition coefficient (Wildman–Crippen LogP) is 1.34. The van der Waals surface area contributed by atoms with E-state index in [0.717, 1.165) is 18.4 Å². The van der Waals surface area contributed by atoms with E-state index in [2.05, 4.69) is 18.0 Å². The monoisotopic (exact) mass is 195 g/mol. The molecule has 3 heteroatoms. The van der Waals surface area contributed by atoms with Crippen LogP contribution >= 0.6 is 0 Å². The number of likely N-dealkylation sites (N-methyl/N-ethyl adjacent to an activating group) is 1. The van der Waals surface area contributed by atoms with E-state index in [1.165, 1.54) is 6.42 Å². The maximum atomic E-state index is 11.6. The third-order valence-corrected chi connectivity index (χ3v) is 3.32. The molecule has 2 heterocycles. The second-order valence-corrected chi connectivity index (χ2v) is 4.03. The number of carbonyl (C=O) groups excluding carboxylic acids is 1. The van der Waals surface area contributed by atoms with Crippen molar-refractivity contribution in [2.45, 2.75) is 38.3 Å². The summed E-state index contributed by atoms with van der Waals surface area (Å²) in [7, 11) is 2.11. The van der Waals surface area contributed by atoms with Gasteiger partial charge in [-0.2, -0.15) is 0 Å². The number of esters is 1. The Hall–Kier alpha value is -0.830. The van der Waals surface area contributed by atoms with Crippen molar-refractivity contribution in [1.29, 1.82) is 0 Å². The fraction of sp³-hybridized carbons (Fsp3) is 0.727. The Morgan fingerprint density at radius 3 is 3.14 bits per heavy atom. The summed E-state index contributed by atoms with van der Waals surface area (Å²) in [4.78, 5) is 13.9. The average molecular weight is 195 g/mol. The molecular weight excluding hydrogens is 178 g/mol. The molecule has 0 unspecified atom stereocenters. The molecule has 0 aromatic heterocycles. The van der Waals surface area contributed by atoms with Gasteiger partial charge in [0.05, 0.1) is 12.2 Å². The summed E-state index contributed by atoms with van der Waals surface area (Å²) in [6, 6.07) is 0.964. The number of nitrogens with zero attached hydrogens (tertiary/aromatic N) is 1. The van der Waals surface area contributed by atoms with Gasteiger partial charge in [0.15, 0.2) is 0 Å². The van der Waals surface area contributed by atoms with Gasteiger partial charge >= 0.3 is 5.97 Å². The molecule has 3 nitrogen and oxygen atoms in total. The second-order valence-electron chi connectivity index (χ2n) is 4.03. The quantitative estimate of drug-likeness (QED) is 0.623. The van der Waals surface area contributed by atoms with E-state index in [4.69, 9.17) is 4.74 Å². The third kappa shape index (κ3) is 1.46. The highest BCUT2D eigenvalue weighted by molar-refractivity contribution is 5.90. The van der Waals surface area contributed by atoms with Crippen molar-refractivity contribution in [2.75, 3.05) is 13.7 Å². The lowest BCUT2D eigenvalue weighted by atomic mass is 10.0. The zero-order valence-corrected chi connectivity index (χ0v) is 8.82. The zero-order chi connectivity index (χ0) is 10.1. The normalized spacial score (nSPS) is 31.4. The van der Waals surface area contributed by atoms with Gasteiger partial charge in [-0.05, 0) is 33.2 Å². The Balaban J connectivity index is 2.13. The van der Waals surface area contributed by atoms with Crippen molar-refractivity contribution in [3.05, 3.63) is 11.6 Å². The number of hydrogen-bond acceptors (Lipinski definition) is 3. The minimum atomic E-state index is -0.121. The van der Waals surface area contributed by atoms with Gasteiger partial charge in [0.25, 0.3) is 0 Å². The van der Waals surface area contributed by atoms with E-state index in [-0.39, 0.29) is 5.97 Å². The molecule has 2 atom stereocenters. The summed E-state index contributed by atoms with van der Waals surface area (Å²) in [5.41, 5.74) is 0.878. The van der Waals surface area contributed by atoms with Crippen molar-refractivity contribution in [2.24, 2.45) is 0 Å². The lowest BCUT2D eigenvalue weighted by Crippen LogP contribution is -2.38. The molecule has 0 amide bonds. The molecule has 2 rings (SSSR count). The van der Waals surface area contributed by atoms with Crippen LogP contribution in [0, 0.1) is 0 Å². The summed E-state index contributed by atoms with van der Waals surface area (Å²) in [6.07, 6.45) is 5.38. The van der Waals surface area contributed by atoms with Gasteiger partial charge in [0, 0.05) is 12.1 Å². The topological polar surface area (TPSA) is 29.5 Å². The summed E-state index contributed by atoms with van der Waals surface area (Å²) >= 11 is 0. The van der Waals surface area contributed by atoms with Gasteiger partial charge in [0.2, 0.25) is 0 Å². The molecule has 14 heavy (non-hydrogen) atoms. The molecule has 78 valence electrons. The first-order valence-electron chi connectivity index (χ1n) is 5.33. The van der Waals surface area contributed by atoms with E-state index in [1.54, 1.807) is 0 Å². The summed E-state index contributed by atoms with van der Waals surface area (Å²) in [5.74, 6) is -0.121. The molecular formula is C11H17NO2. The van der Waals surface area contributed by atoms with E-state index in [1.807, 2.05) is 6.92 Å². The second kappa shape index (κ2) is 3.73. The van der Waals surface area contributed by atoms with Crippen LogP contribution in [-0.4, -0.2) is 36.6 Å². The van der Waals surface area contributed by atoms with Crippen LogP contribution in [0.25, 0.3) is 0 Å². The van der Waals surface area contributed by atoms with Crippen LogP contribution in [0.15, 0.2) is 11.6 Å². The number of hydrogen-bond donors (Lipinski definition) is 0. The molecule has 1 fully saturated rings. The summed E-state index contributed by atoms with van der Waals surface area (Å²) < 4.78 is 5.05. The lowest BCUT2D eigenvalue weighted by molar-refractivity contribution is -0.139. The van der Waals surface area contributed by atoms with Crippen molar-refractivity contribution >= 4 is 5.97 Å². The minimum absolute atomic E-state index is 0.121. The highest BCUT2D eigenvalue weighted by Crippen LogP contribution is 2.34. The van der Waals surface area contributed by atoms with Crippen LogP contribution in [0.3, 0.4) is 0 Å². The SMILES string of the molecule is CCOC(=O)C1=CC[C@H]2CC[C@@H]1N2C. The number of carbonyl (C=O) groups is 1. The first-order chi connectivity index (χ1) is 6.74. The molecule has 0 radical (unpaired) electrons. The standard InChI is InChI=1S/C11H17NO2/c1-3-14-11(13)9-6-4-8-5-7-10(9)12(8)2/h6,8,10H,3-5,7H2,1-2H3/t8-,10-/m0/s1. The Morgan fingerprint density at radius 2 is 2.43 bits per heavy atom.